The topological polar surface area (TPSA) is 22.9 Å². The number of rotatable bonds is 2. The van der Waals surface area contributed by atoms with Crippen molar-refractivity contribution in [2.45, 2.75) is 0 Å². The van der Waals surface area contributed by atoms with Crippen molar-refractivity contribution < 1.29 is 14.6 Å². The molecule has 1 heterocycles. The van der Waals surface area contributed by atoms with Gasteiger partial charge in [0.2, 0.25) is 0 Å². The summed E-state index contributed by atoms with van der Waals surface area (Å²) in [5.74, 6) is 0. The Morgan fingerprint density at radius 1 is 1.20 bits per heavy atom. The lowest BCUT2D eigenvalue weighted by Gasteiger charge is -2.20. The normalized spacial score (nSPS) is 18.4. The van der Waals surface area contributed by atoms with Gasteiger partial charge in [-0.15, -0.1) is 0 Å². The van der Waals surface area contributed by atoms with E-state index >= 15 is 0 Å². The summed E-state index contributed by atoms with van der Waals surface area (Å²) in [6.07, 6.45) is 8.29. The molecule has 0 aromatic carbocycles. The van der Waals surface area contributed by atoms with Gasteiger partial charge in [0, 0.05) is 19.5 Å². The second-order valence-corrected chi connectivity index (χ2v) is 1.88. The molecule has 0 unspecified atom stereocenters. The molecule has 0 bridgehead atoms. The van der Waals surface area contributed by atoms with E-state index in [0.717, 1.165) is 11.2 Å². The van der Waals surface area contributed by atoms with Gasteiger partial charge in [-0.05, 0) is 6.10 Å². The van der Waals surface area contributed by atoms with Gasteiger partial charge in [0.1, 0.15) is 0 Å². The Balaban J connectivity index is 2.45. The predicted molar refractivity (Wildman–Crippen MR) is 36.5 cm³/mol. The van der Waals surface area contributed by atoms with Gasteiger partial charge >= 0.3 is 0 Å². The Hall–Kier alpha value is -0.770. The van der Waals surface area contributed by atoms with Crippen molar-refractivity contribution in [2.75, 3.05) is 14.2 Å². The third kappa shape index (κ3) is 1.60. The monoisotopic (exact) mass is 141 g/mol. The fourth-order valence-corrected chi connectivity index (χ4v) is 0.712. The van der Waals surface area contributed by atoms with Crippen LogP contribution in [0.3, 0.4) is 0 Å². The molecule has 0 aromatic rings. The fourth-order valence-electron chi connectivity index (χ4n) is 0.712. The van der Waals surface area contributed by atoms with E-state index in [0.29, 0.717) is 0 Å². The molecule has 0 aromatic heterocycles. The number of methoxy groups -OCH3 is 1. The quantitative estimate of drug-likeness (QED) is 0.531. The van der Waals surface area contributed by atoms with Crippen molar-refractivity contribution in [2.24, 2.45) is 0 Å². The zero-order chi connectivity index (χ0) is 7.40. The second-order valence-electron chi connectivity index (χ2n) is 1.88. The number of quaternary nitrogens is 1. The van der Waals surface area contributed by atoms with E-state index in [4.69, 9.17) is 9.57 Å². The number of nitrogens with one attached hydrogen (secondary N) is 1. The summed E-state index contributed by atoms with van der Waals surface area (Å²) in [6.45, 7) is 0. The number of ether oxygens (including phenoxy) is 1. The highest BCUT2D eigenvalue weighted by Gasteiger charge is 1.98. The Morgan fingerprint density at radius 3 is 2.20 bits per heavy atom. The van der Waals surface area contributed by atoms with E-state index in [-0.39, 0.29) is 0 Å². The van der Waals surface area contributed by atoms with Gasteiger partial charge in [-0.25, -0.2) is 9.90 Å². The van der Waals surface area contributed by atoms with Gasteiger partial charge in [0.05, 0.1) is 7.11 Å². The molecule has 0 aliphatic carbocycles. The molecule has 0 radical (unpaired) electrons. The van der Waals surface area contributed by atoms with Crippen molar-refractivity contribution in [1.29, 1.82) is 0 Å². The first-order chi connectivity index (χ1) is 4.86. The molecule has 1 rings (SSSR count). The van der Waals surface area contributed by atoms with Gasteiger partial charge in [0.25, 0.3) is 0 Å². The first-order valence-electron chi connectivity index (χ1n) is 3.05. The van der Waals surface area contributed by atoms with Gasteiger partial charge in [-0.2, -0.15) is 0 Å². The molecule has 0 atom stereocenters. The minimum absolute atomic E-state index is 0.848. The molecule has 0 saturated carbocycles. The Kier molecular flexibility index (Phi) is 2.50. The summed E-state index contributed by atoms with van der Waals surface area (Å²) < 4.78 is 4.96. The van der Waals surface area contributed by atoms with Gasteiger partial charge < -0.3 is 4.74 Å². The SMILES string of the molecule is CO[C-]1C=C[NH+](OC)C=C1. The minimum Gasteiger partial charge on any atom is -0.410 e. The van der Waals surface area contributed by atoms with Crippen molar-refractivity contribution in [3.63, 3.8) is 0 Å². The van der Waals surface area contributed by atoms with Crippen molar-refractivity contribution >= 4 is 0 Å². The Bertz CT molecular complexity index is 124. The lowest BCUT2D eigenvalue weighted by molar-refractivity contribution is -1.00. The zero-order valence-electron chi connectivity index (χ0n) is 6.13. The maximum Gasteiger partial charge on any atom is 0.0939 e. The van der Waals surface area contributed by atoms with Crippen LogP contribution in [-0.4, -0.2) is 14.2 Å². The van der Waals surface area contributed by atoms with Crippen LogP contribution >= 0.6 is 0 Å². The third-order valence-corrected chi connectivity index (χ3v) is 1.30. The van der Waals surface area contributed by atoms with Crippen LogP contribution in [0.15, 0.2) is 24.6 Å². The molecule has 0 fully saturated rings. The largest absolute Gasteiger partial charge is 0.410 e. The molecular formula is C7H11NO2. The molecule has 0 saturated heterocycles. The van der Waals surface area contributed by atoms with E-state index in [1.165, 1.54) is 0 Å². The minimum atomic E-state index is 0.848. The van der Waals surface area contributed by atoms with Crippen LogP contribution < -0.4 is 5.06 Å². The first kappa shape index (κ1) is 7.34. The highest BCUT2D eigenvalue weighted by molar-refractivity contribution is 5.15. The number of hydrogen-bond acceptors (Lipinski definition) is 2. The van der Waals surface area contributed by atoms with Crippen molar-refractivity contribution in [1.82, 2.24) is 0 Å². The van der Waals surface area contributed by atoms with Gasteiger partial charge in [-0.3, -0.25) is 0 Å². The van der Waals surface area contributed by atoms with Crippen LogP contribution in [0, 0.1) is 6.10 Å². The maximum absolute atomic E-state index is 4.96. The highest BCUT2D eigenvalue weighted by atomic mass is 16.7. The molecule has 3 nitrogen and oxygen atoms in total. The molecule has 0 amide bonds. The predicted octanol–water partition coefficient (Wildman–Crippen LogP) is -0.348. The summed E-state index contributed by atoms with van der Waals surface area (Å²) in [6, 6.07) is 0. The third-order valence-electron chi connectivity index (χ3n) is 1.30. The lowest BCUT2D eigenvalue weighted by atomic mass is 10.3. The average Bonchev–Trinajstić information content (AvgIpc) is 2.05. The summed E-state index contributed by atoms with van der Waals surface area (Å²) in [7, 11) is 3.28. The molecule has 1 aliphatic rings. The molecular weight excluding hydrogens is 130 g/mol. The van der Waals surface area contributed by atoms with Crippen molar-refractivity contribution in [3.8, 4) is 0 Å². The Morgan fingerprint density at radius 2 is 1.80 bits per heavy atom. The van der Waals surface area contributed by atoms with E-state index in [2.05, 4.69) is 0 Å². The summed E-state index contributed by atoms with van der Waals surface area (Å²) >= 11 is 0. The van der Waals surface area contributed by atoms with Crippen LogP contribution in [0.5, 0.6) is 0 Å². The summed E-state index contributed by atoms with van der Waals surface area (Å²) in [5, 5.41) is 0.848. The van der Waals surface area contributed by atoms with Crippen molar-refractivity contribution in [3.05, 3.63) is 30.7 Å². The molecule has 1 aliphatic heterocycles. The van der Waals surface area contributed by atoms with E-state index in [9.17, 15) is 0 Å². The molecule has 10 heavy (non-hydrogen) atoms. The molecule has 0 spiro atoms. The van der Waals surface area contributed by atoms with Crippen LogP contribution in [-0.2, 0) is 9.57 Å². The lowest BCUT2D eigenvalue weighted by Crippen LogP contribution is -3.01. The van der Waals surface area contributed by atoms with E-state index in [1.807, 2.05) is 24.6 Å². The number of hydroxylamine groups is 2. The van der Waals surface area contributed by atoms with Crippen LogP contribution in [0.1, 0.15) is 0 Å². The van der Waals surface area contributed by atoms with Crippen LogP contribution in [0.25, 0.3) is 0 Å². The van der Waals surface area contributed by atoms with Gasteiger partial charge in [0.15, 0.2) is 0 Å². The van der Waals surface area contributed by atoms with Crippen LogP contribution in [0.2, 0.25) is 0 Å². The fraction of sp³-hybridized carbons (Fsp3) is 0.286. The summed E-state index contributed by atoms with van der Waals surface area (Å²) in [5.41, 5.74) is 0. The smallest absolute Gasteiger partial charge is 0.0939 e. The van der Waals surface area contributed by atoms with E-state index < -0.39 is 0 Å². The average molecular weight is 141 g/mol. The van der Waals surface area contributed by atoms with Gasteiger partial charge in [-0.1, -0.05) is 12.2 Å². The van der Waals surface area contributed by atoms with E-state index in [1.54, 1.807) is 14.2 Å². The zero-order valence-corrected chi connectivity index (χ0v) is 6.13. The standard InChI is InChI=1S/C7H10NO2/c1-9-7-3-5-8(10-2)6-4-7/h3-6H,1-2H3/q-1/p+1. The molecule has 1 N–H and O–H groups in total. The molecule has 56 valence electrons. The first-order valence-corrected chi connectivity index (χ1v) is 3.05. The number of hydrogen-bond donors (Lipinski definition) is 1. The van der Waals surface area contributed by atoms with Crippen LogP contribution in [0.4, 0.5) is 0 Å². The molecule has 3 heteroatoms. The highest BCUT2D eigenvalue weighted by Crippen LogP contribution is 2.04. The second kappa shape index (κ2) is 3.41. The Labute approximate surface area is 60.5 Å². The maximum atomic E-state index is 4.96. The summed E-state index contributed by atoms with van der Waals surface area (Å²) in [4.78, 5) is 4.96.